The van der Waals surface area contributed by atoms with Crippen LogP contribution in [-0.2, 0) is 4.79 Å². The molecule has 0 unspecified atom stereocenters. The molecular formula is C17H21N3O2S. The molecule has 0 spiro atoms. The molecule has 0 radical (unpaired) electrons. The van der Waals surface area contributed by atoms with E-state index >= 15 is 0 Å². The quantitative estimate of drug-likeness (QED) is 0.348. The van der Waals surface area contributed by atoms with E-state index in [1.165, 1.54) is 23.6 Å². The van der Waals surface area contributed by atoms with Crippen LogP contribution in [0.25, 0.3) is 0 Å². The zero-order valence-corrected chi connectivity index (χ0v) is 14.0. The first kappa shape index (κ1) is 17.1. The lowest BCUT2D eigenvalue weighted by molar-refractivity contribution is -0.645. The number of carbonyl (C=O) groups excluding carboxylic acids is 1. The molecule has 0 saturated carbocycles. The number of hydrogen-bond donors (Lipinski definition) is 1. The molecule has 0 saturated heterocycles. The third kappa shape index (κ3) is 5.83. The predicted octanol–water partition coefficient (Wildman–Crippen LogP) is 2.05. The van der Waals surface area contributed by atoms with Gasteiger partial charge >= 0.3 is 0 Å². The molecule has 23 heavy (non-hydrogen) atoms. The summed E-state index contributed by atoms with van der Waals surface area (Å²) in [5, 5.41) is 14.9. The largest absolute Gasteiger partial charge is 0.618 e. The molecule has 0 aliphatic rings. The number of benzene rings is 1. The number of rotatable bonds is 8. The number of nitrogens with zero attached hydrogens (tertiary/aromatic N) is 2. The lowest BCUT2D eigenvalue weighted by Crippen LogP contribution is -2.31. The molecule has 6 heteroatoms. The van der Waals surface area contributed by atoms with E-state index in [4.69, 9.17) is 0 Å². The highest BCUT2D eigenvalue weighted by atomic mass is 32.2. The maximum absolute atomic E-state index is 11.8. The molecule has 1 heterocycles. The summed E-state index contributed by atoms with van der Waals surface area (Å²) >= 11 is 1.24. The highest BCUT2D eigenvalue weighted by Gasteiger charge is 2.08. The first-order chi connectivity index (χ1) is 11.2. The molecule has 0 aliphatic carbocycles. The Balaban J connectivity index is 1.62. The van der Waals surface area contributed by atoms with Gasteiger partial charge in [-0.15, -0.1) is 0 Å². The molecule has 1 N–H and O–H groups in total. The minimum atomic E-state index is -0.0544. The number of hydrogen-bond acceptors (Lipinski definition) is 4. The van der Waals surface area contributed by atoms with Gasteiger partial charge in [0.15, 0.2) is 6.20 Å². The molecule has 2 rings (SSSR count). The van der Waals surface area contributed by atoms with E-state index in [9.17, 15) is 10.0 Å². The first-order valence-electron chi connectivity index (χ1n) is 7.50. The average molecular weight is 331 g/mol. The fourth-order valence-corrected chi connectivity index (χ4v) is 2.81. The number of pyridine rings is 1. The van der Waals surface area contributed by atoms with Crippen molar-refractivity contribution in [1.82, 2.24) is 5.32 Å². The highest BCUT2D eigenvalue weighted by Crippen LogP contribution is 2.12. The number of para-hydroxylation sites is 1. The van der Waals surface area contributed by atoms with Gasteiger partial charge < -0.3 is 15.4 Å². The maximum Gasteiger partial charge on any atom is 0.251 e. The summed E-state index contributed by atoms with van der Waals surface area (Å²) in [6.07, 6.45) is 2.30. The Morgan fingerprint density at radius 2 is 1.96 bits per heavy atom. The Hall–Kier alpha value is -2.21. The summed E-state index contributed by atoms with van der Waals surface area (Å²) in [5.41, 5.74) is 1.17. The smallest absolute Gasteiger partial charge is 0.251 e. The second-order valence-corrected chi connectivity index (χ2v) is 6.11. The third-order valence-corrected chi connectivity index (χ3v) is 4.35. The van der Waals surface area contributed by atoms with E-state index in [0.29, 0.717) is 11.6 Å². The monoisotopic (exact) mass is 331 g/mol. The second-order valence-electron chi connectivity index (χ2n) is 5.11. The van der Waals surface area contributed by atoms with Crippen LogP contribution in [0.2, 0.25) is 0 Å². The van der Waals surface area contributed by atoms with Crippen LogP contribution in [0.5, 0.6) is 0 Å². The summed E-state index contributed by atoms with van der Waals surface area (Å²) in [5.74, 6) is 0.196. The van der Waals surface area contributed by atoms with Crippen molar-refractivity contribution in [3.05, 3.63) is 59.9 Å². The Morgan fingerprint density at radius 3 is 2.70 bits per heavy atom. The molecule has 0 atom stereocenters. The van der Waals surface area contributed by atoms with Crippen molar-refractivity contribution in [2.45, 2.75) is 11.4 Å². The SMILES string of the molecule is CN(CCCNC(=O)CSc1cccc[n+]1[O-])c1ccccc1. The van der Waals surface area contributed by atoms with E-state index in [1.54, 1.807) is 18.2 Å². The van der Waals surface area contributed by atoms with E-state index in [-0.39, 0.29) is 11.7 Å². The van der Waals surface area contributed by atoms with Crippen molar-refractivity contribution in [3.63, 3.8) is 0 Å². The van der Waals surface area contributed by atoms with Gasteiger partial charge in [-0.05, 0) is 36.4 Å². The number of nitrogens with one attached hydrogen (secondary N) is 1. The van der Waals surface area contributed by atoms with Crippen LogP contribution < -0.4 is 14.9 Å². The van der Waals surface area contributed by atoms with E-state index in [2.05, 4.69) is 22.3 Å². The minimum absolute atomic E-state index is 0.0544. The Bertz CT molecular complexity index is 622. The van der Waals surface area contributed by atoms with E-state index < -0.39 is 0 Å². The fourth-order valence-electron chi connectivity index (χ4n) is 2.07. The average Bonchev–Trinajstić information content (AvgIpc) is 2.58. The lowest BCUT2D eigenvalue weighted by atomic mass is 10.3. The number of aromatic nitrogens is 1. The maximum atomic E-state index is 11.8. The molecule has 0 fully saturated rings. The Kier molecular flexibility index (Phi) is 6.75. The number of amides is 1. The summed E-state index contributed by atoms with van der Waals surface area (Å²) in [4.78, 5) is 13.9. The Morgan fingerprint density at radius 1 is 1.22 bits per heavy atom. The van der Waals surface area contributed by atoms with Crippen LogP contribution in [0.1, 0.15) is 6.42 Å². The predicted molar refractivity (Wildman–Crippen MR) is 93.5 cm³/mol. The van der Waals surface area contributed by atoms with Crippen LogP contribution in [0.15, 0.2) is 59.8 Å². The minimum Gasteiger partial charge on any atom is -0.618 e. The number of carbonyl (C=O) groups is 1. The molecule has 122 valence electrons. The lowest BCUT2D eigenvalue weighted by Gasteiger charge is -2.19. The highest BCUT2D eigenvalue weighted by molar-refractivity contribution is 7.99. The van der Waals surface area contributed by atoms with Gasteiger partial charge in [-0.2, -0.15) is 4.73 Å². The molecule has 0 aliphatic heterocycles. The normalized spacial score (nSPS) is 10.3. The van der Waals surface area contributed by atoms with Crippen LogP contribution in [0.3, 0.4) is 0 Å². The van der Waals surface area contributed by atoms with E-state index in [0.717, 1.165) is 17.7 Å². The molecule has 0 bridgehead atoms. The third-order valence-electron chi connectivity index (χ3n) is 3.33. The van der Waals surface area contributed by atoms with Crippen LogP contribution in [0.4, 0.5) is 5.69 Å². The van der Waals surface area contributed by atoms with Gasteiger partial charge in [-0.3, -0.25) is 4.79 Å². The van der Waals surface area contributed by atoms with Crippen LogP contribution >= 0.6 is 11.8 Å². The number of thioether (sulfide) groups is 1. The standard InChI is InChI=1S/C17H21N3O2S/c1-19(15-8-3-2-4-9-15)12-7-11-18-16(21)14-23-17-10-5-6-13-20(17)22/h2-6,8-10,13H,7,11-12,14H2,1H3,(H,18,21). The van der Waals surface area contributed by atoms with Crippen molar-refractivity contribution in [1.29, 1.82) is 0 Å². The van der Waals surface area contributed by atoms with E-state index in [1.807, 2.05) is 25.2 Å². The topological polar surface area (TPSA) is 59.3 Å². The van der Waals surface area contributed by atoms with Gasteiger partial charge in [-0.1, -0.05) is 18.2 Å². The van der Waals surface area contributed by atoms with Crippen molar-refractivity contribution in [2.24, 2.45) is 0 Å². The molecule has 2 aromatic rings. The second kappa shape index (κ2) is 9.05. The molecule has 5 nitrogen and oxygen atoms in total. The van der Waals surface area contributed by atoms with Gasteiger partial charge in [0, 0.05) is 38.0 Å². The van der Waals surface area contributed by atoms with Gasteiger partial charge in [0.2, 0.25) is 5.91 Å². The fraction of sp³-hybridized carbons (Fsp3) is 0.294. The van der Waals surface area contributed by atoms with Crippen molar-refractivity contribution < 1.29 is 9.52 Å². The molecule has 1 amide bonds. The van der Waals surface area contributed by atoms with Gasteiger partial charge in [0.05, 0.1) is 5.75 Å². The Labute approximate surface area is 140 Å². The molecule has 1 aromatic carbocycles. The summed E-state index contributed by atoms with van der Waals surface area (Å²) in [6, 6.07) is 15.3. The van der Waals surface area contributed by atoms with Gasteiger partial charge in [-0.25, -0.2) is 0 Å². The van der Waals surface area contributed by atoms with Crippen LogP contribution in [-0.4, -0.2) is 31.8 Å². The van der Waals surface area contributed by atoms with Gasteiger partial charge in [0.25, 0.3) is 5.03 Å². The van der Waals surface area contributed by atoms with Crippen molar-refractivity contribution in [3.8, 4) is 0 Å². The van der Waals surface area contributed by atoms with Crippen molar-refractivity contribution in [2.75, 3.05) is 30.8 Å². The molecular weight excluding hydrogens is 310 g/mol. The summed E-state index contributed by atoms with van der Waals surface area (Å²) < 4.78 is 0.771. The zero-order valence-electron chi connectivity index (χ0n) is 13.1. The zero-order chi connectivity index (χ0) is 16.5. The number of anilines is 1. The van der Waals surface area contributed by atoms with Crippen molar-refractivity contribution >= 4 is 23.4 Å². The van der Waals surface area contributed by atoms with Gasteiger partial charge in [0.1, 0.15) is 0 Å². The summed E-state index contributed by atoms with van der Waals surface area (Å²) in [6.45, 7) is 1.50. The summed E-state index contributed by atoms with van der Waals surface area (Å²) in [7, 11) is 2.04. The van der Waals surface area contributed by atoms with Crippen LogP contribution in [0, 0.1) is 5.21 Å². The molecule has 1 aromatic heterocycles. The first-order valence-corrected chi connectivity index (χ1v) is 8.49.